The maximum absolute atomic E-state index is 5.49. The number of nitrogens with one attached hydrogen (secondary N) is 1. The highest BCUT2D eigenvalue weighted by Gasteiger charge is 2.13. The molecule has 0 fully saturated rings. The summed E-state index contributed by atoms with van der Waals surface area (Å²) in [6.07, 6.45) is 1.61. The Morgan fingerprint density at radius 3 is 2.47 bits per heavy atom. The molecule has 0 saturated carbocycles. The Labute approximate surface area is 120 Å². The van der Waals surface area contributed by atoms with Crippen molar-refractivity contribution < 1.29 is 0 Å². The van der Waals surface area contributed by atoms with E-state index in [0.717, 1.165) is 39.4 Å². The first kappa shape index (κ1) is 14.2. The SMILES string of the molecule is CCc1nsc(Sc2nc(CC)nc(NN)c2C)n1. The zero-order valence-corrected chi connectivity index (χ0v) is 12.7. The molecule has 0 aliphatic carbocycles. The summed E-state index contributed by atoms with van der Waals surface area (Å²) >= 11 is 2.90. The van der Waals surface area contributed by atoms with Crippen LogP contribution >= 0.6 is 23.3 Å². The molecule has 8 heteroatoms. The van der Waals surface area contributed by atoms with E-state index in [1.807, 2.05) is 20.8 Å². The topological polar surface area (TPSA) is 89.6 Å². The van der Waals surface area contributed by atoms with Gasteiger partial charge in [-0.05, 0) is 30.2 Å². The van der Waals surface area contributed by atoms with Gasteiger partial charge in [-0.3, -0.25) is 0 Å². The molecule has 0 bridgehead atoms. The van der Waals surface area contributed by atoms with Gasteiger partial charge in [0.05, 0.1) is 0 Å². The number of hydrazine groups is 1. The zero-order chi connectivity index (χ0) is 13.8. The summed E-state index contributed by atoms with van der Waals surface area (Å²) in [7, 11) is 0. The first-order valence-corrected chi connectivity index (χ1v) is 7.61. The van der Waals surface area contributed by atoms with Gasteiger partial charge >= 0.3 is 0 Å². The quantitative estimate of drug-likeness (QED) is 0.496. The Hall–Kier alpha value is -1.25. The van der Waals surface area contributed by atoms with Crippen LogP contribution in [0.3, 0.4) is 0 Å². The van der Waals surface area contributed by atoms with Crippen LogP contribution in [-0.2, 0) is 12.8 Å². The third kappa shape index (κ3) is 3.20. The maximum atomic E-state index is 5.49. The van der Waals surface area contributed by atoms with Gasteiger partial charge in [0.25, 0.3) is 0 Å². The highest BCUT2D eigenvalue weighted by Crippen LogP contribution is 2.32. The molecule has 0 aromatic carbocycles. The molecule has 2 heterocycles. The van der Waals surface area contributed by atoms with E-state index < -0.39 is 0 Å². The molecular weight excluding hydrogens is 280 g/mol. The second-order valence-corrected chi connectivity index (χ2v) is 5.84. The van der Waals surface area contributed by atoms with E-state index in [0.29, 0.717) is 5.82 Å². The van der Waals surface area contributed by atoms with Crippen molar-refractivity contribution in [3.8, 4) is 0 Å². The summed E-state index contributed by atoms with van der Waals surface area (Å²) in [5.74, 6) is 7.78. The number of rotatable bonds is 5. The van der Waals surface area contributed by atoms with Crippen molar-refractivity contribution in [3.63, 3.8) is 0 Å². The predicted octanol–water partition coefficient (Wildman–Crippen LogP) is 2.20. The van der Waals surface area contributed by atoms with Crippen LogP contribution in [0.25, 0.3) is 0 Å². The fraction of sp³-hybridized carbons (Fsp3) is 0.455. The van der Waals surface area contributed by atoms with Crippen molar-refractivity contribution in [1.82, 2.24) is 19.3 Å². The lowest BCUT2D eigenvalue weighted by Crippen LogP contribution is -2.13. The molecule has 102 valence electrons. The lowest BCUT2D eigenvalue weighted by atomic mass is 10.3. The number of nitrogens with zero attached hydrogens (tertiary/aromatic N) is 4. The number of nitrogen functional groups attached to an aromatic ring is 1. The van der Waals surface area contributed by atoms with Gasteiger partial charge in [0.1, 0.15) is 22.5 Å². The van der Waals surface area contributed by atoms with Crippen LogP contribution in [0.1, 0.15) is 31.1 Å². The second kappa shape index (κ2) is 6.27. The fourth-order valence-electron chi connectivity index (χ4n) is 1.44. The highest BCUT2D eigenvalue weighted by atomic mass is 32.2. The normalized spacial score (nSPS) is 10.7. The Morgan fingerprint density at radius 1 is 1.16 bits per heavy atom. The summed E-state index contributed by atoms with van der Waals surface area (Å²) in [5.41, 5.74) is 3.54. The third-order valence-electron chi connectivity index (χ3n) is 2.55. The molecule has 0 radical (unpaired) electrons. The molecule has 0 aliphatic rings. The molecule has 3 N–H and O–H groups in total. The van der Waals surface area contributed by atoms with Crippen LogP contribution in [0.5, 0.6) is 0 Å². The Bertz CT molecular complexity index is 568. The minimum Gasteiger partial charge on any atom is -0.308 e. The standard InChI is InChI=1S/C11H16N6S2/c1-4-7-13-9(16-12)6(3)10(14-7)18-11-15-8(5-2)17-19-11/h4-5,12H2,1-3H3,(H,13,14,16). The fourth-order valence-corrected chi connectivity index (χ4v) is 3.16. The van der Waals surface area contributed by atoms with Crippen LogP contribution in [0.4, 0.5) is 5.82 Å². The average Bonchev–Trinajstić information content (AvgIpc) is 2.88. The Morgan fingerprint density at radius 2 is 1.89 bits per heavy atom. The monoisotopic (exact) mass is 296 g/mol. The molecule has 2 rings (SSSR count). The van der Waals surface area contributed by atoms with E-state index in [1.165, 1.54) is 23.3 Å². The largest absolute Gasteiger partial charge is 0.308 e. The summed E-state index contributed by atoms with van der Waals surface area (Å²) in [4.78, 5) is 13.3. The number of hydrogen-bond donors (Lipinski definition) is 2. The Balaban J connectivity index is 2.32. The van der Waals surface area contributed by atoms with Gasteiger partial charge < -0.3 is 5.43 Å². The first-order chi connectivity index (χ1) is 9.17. The van der Waals surface area contributed by atoms with Crippen molar-refractivity contribution >= 4 is 29.1 Å². The summed E-state index contributed by atoms with van der Waals surface area (Å²) < 4.78 is 5.16. The van der Waals surface area contributed by atoms with Crippen molar-refractivity contribution in [1.29, 1.82) is 0 Å². The summed E-state index contributed by atoms with van der Waals surface area (Å²) in [6.45, 7) is 6.00. The van der Waals surface area contributed by atoms with E-state index >= 15 is 0 Å². The molecule has 0 amide bonds. The summed E-state index contributed by atoms with van der Waals surface area (Å²) in [6, 6.07) is 0. The van der Waals surface area contributed by atoms with Gasteiger partial charge in [-0.2, -0.15) is 4.37 Å². The van der Waals surface area contributed by atoms with Gasteiger partial charge in [0.15, 0.2) is 4.34 Å². The molecule has 0 saturated heterocycles. The molecule has 19 heavy (non-hydrogen) atoms. The number of aromatic nitrogens is 4. The van der Waals surface area contributed by atoms with E-state index in [1.54, 1.807) is 0 Å². The summed E-state index contributed by atoms with van der Waals surface area (Å²) in [5, 5.41) is 0.874. The molecule has 0 unspecified atom stereocenters. The van der Waals surface area contributed by atoms with Crippen LogP contribution in [-0.4, -0.2) is 19.3 Å². The minimum atomic E-state index is 0.662. The molecule has 0 spiro atoms. The van der Waals surface area contributed by atoms with E-state index in [2.05, 4.69) is 24.8 Å². The predicted molar refractivity (Wildman–Crippen MR) is 77.4 cm³/mol. The van der Waals surface area contributed by atoms with E-state index in [4.69, 9.17) is 5.84 Å². The Kier molecular flexibility index (Phi) is 4.67. The smallest absolute Gasteiger partial charge is 0.176 e. The number of anilines is 1. The third-order valence-corrected chi connectivity index (χ3v) is 4.43. The van der Waals surface area contributed by atoms with E-state index in [-0.39, 0.29) is 0 Å². The van der Waals surface area contributed by atoms with Gasteiger partial charge in [-0.1, -0.05) is 13.8 Å². The molecule has 2 aromatic heterocycles. The van der Waals surface area contributed by atoms with Crippen LogP contribution < -0.4 is 11.3 Å². The number of aryl methyl sites for hydroxylation is 2. The lowest BCUT2D eigenvalue weighted by molar-refractivity contribution is 0.870. The second-order valence-electron chi connectivity index (χ2n) is 3.85. The lowest BCUT2D eigenvalue weighted by Gasteiger charge is -2.09. The van der Waals surface area contributed by atoms with Crippen LogP contribution in [0.15, 0.2) is 9.37 Å². The number of nitrogens with two attached hydrogens (primary N) is 1. The molecule has 0 aliphatic heterocycles. The zero-order valence-electron chi connectivity index (χ0n) is 11.1. The first-order valence-electron chi connectivity index (χ1n) is 6.02. The molecular formula is C11H16N6S2. The van der Waals surface area contributed by atoms with Gasteiger partial charge in [-0.15, -0.1) is 0 Å². The van der Waals surface area contributed by atoms with Crippen LogP contribution in [0, 0.1) is 6.92 Å². The number of hydrogen-bond acceptors (Lipinski definition) is 8. The van der Waals surface area contributed by atoms with Gasteiger partial charge in [0.2, 0.25) is 0 Å². The van der Waals surface area contributed by atoms with Crippen molar-refractivity contribution in [3.05, 3.63) is 17.2 Å². The van der Waals surface area contributed by atoms with Crippen molar-refractivity contribution in [2.24, 2.45) is 5.84 Å². The van der Waals surface area contributed by atoms with Gasteiger partial charge in [0, 0.05) is 18.4 Å². The van der Waals surface area contributed by atoms with Gasteiger partial charge in [-0.25, -0.2) is 20.8 Å². The molecule has 0 atom stereocenters. The van der Waals surface area contributed by atoms with Crippen molar-refractivity contribution in [2.45, 2.75) is 43.0 Å². The van der Waals surface area contributed by atoms with Crippen LogP contribution in [0.2, 0.25) is 0 Å². The average molecular weight is 296 g/mol. The highest BCUT2D eigenvalue weighted by molar-refractivity contribution is 8.00. The minimum absolute atomic E-state index is 0.662. The molecule has 6 nitrogen and oxygen atoms in total. The van der Waals surface area contributed by atoms with E-state index in [9.17, 15) is 0 Å². The maximum Gasteiger partial charge on any atom is 0.176 e. The van der Waals surface area contributed by atoms with Crippen molar-refractivity contribution in [2.75, 3.05) is 5.43 Å². The molecule has 2 aromatic rings.